The third-order valence-electron chi connectivity index (χ3n) is 4.61. The van der Waals surface area contributed by atoms with Gasteiger partial charge in [0.2, 0.25) is 5.17 Å². The molecule has 0 radical (unpaired) electrons. The van der Waals surface area contributed by atoms with Crippen molar-refractivity contribution < 1.29 is 19.4 Å². The van der Waals surface area contributed by atoms with E-state index in [2.05, 4.69) is 10.0 Å². The number of anilines is 2. The highest BCUT2D eigenvalue weighted by atomic mass is 32.2. The van der Waals surface area contributed by atoms with E-state index in [-0.39, 0.29) is 22.3 Å². The maximum atomic E-state index is 12.6. The second-order valence-corrected chi connectivity index (χ2v) is 7.43. The number of nitrogens with zero attached hydrogens (tertiary/aromatic N) is 3. The summed E-state index contributed by atoms with van der Waals surface area (Å²) in [6, 6.07) is 13.4. The molecule has 5 N–H and O–H groups in total. The maximum absolute atomic E-state index is 12.6. The SMILES string of the molecule is N/N=C(/SCC(=O)c1ccc(N2CCOCC2)cc1)N(N)c1ccc(C(=O)O)cc1. The molecule has 0 spiro atoms. The Morgan fingerprint density at radius 2 is 1.67 bits per heavy atom. The van der Waals surface area contributed by atoms with E-state index in [1.165, 1.54) is 17.1 Å². The number of hydrogen-bond donors (Lipinski definition) is 3. The van der Waals surface area contributed by atoms with Crippen molar-refractivity contribution in [2.24, 2.45) is 16.8 Å². The fourth-order valence-electron chi connectivity index (χ4n) is 2.94. The fraction of sp³-hybridized carbons (Fsp3) is 0.250. The highest BCUT2D eigenvalue weighted by Crippen LogP contribution is 2.20. The summed E-state index contributed by atoms with van der Waals surface area (Å²) in [4.78, 5) is 25.7. The lowest BCUT2D eigenvalue weighted by Crippen LogP contribution is -2.37. The van der Waals surface area contributed by atoms with Gasteiger partial charge in [-0.3, -0.25) is 9.80 Å². The van der Waals surface area contributed by atoms with Crippen molar-refractivity contribution in [1.82, 2.24) is 0 Å². The first kappa shape index (κ1) is 21.6. The molecule has 3 rings (SSSR count). The molecule has 0 aliphatic carbocycles. The maximum Gasteiger partial charge on any atom is 0.335 e. The fourth-order valence-corrected chi connectivity index (χ4v) is 3.68. The van der Waals surface area contributed by atoms with Crippen LogP contribution in [0.1, 0.15) is 20.7 Å². The quantitative estimate of drug-likeness (QED) is 0.206. The van der Waals surface area contributed by atoms with E-state index >= 15 is 0 Å². The molecule has 0 amide bonds. The largest absolute Gasteiger partial charge is 0.478 e. The van der Waals surface area contributed by atoms with E-state index in [9.17, 15) is 9.59 Å². The Labute approximate surface area is 178 Å². The normalized spacial score (nSPS) is 14.4. The number of amidine groups is 1. The highest BCUT2D eigenvalue weighted by molar-refractivity contribution is 8.14. The number of rotatable bonds is 6. The molecular weight excluding hydrogens is 406 g/mol. The molecule has 158 valence electrons. The van der Waals surface area contributed by atoms with Crippen LogP contribution in [0.2, 0.25) is 0 Å². The summed E-state index contributed by atoms with van der Waals surface area (Å²) in [6.45, 7) is 3.07. The molecule has 1 fully saturated rings. The van der Waals surface area contributed by atoms with Gasteiger partial charge in [-0.1, -0.05) is 11.8 Å². The number of aromatic carboxylic acids is 1. The van der Waals surface area contributed by atoms with Gasteiger partial charge in [-0.05, 0) is 48.5 Å². The van der Waals surface area contributed by atoms with E-state index < -0.39 is 5.97 Å². The Balaban J connectivity index is 1.58. The van der Waals surface area contributed by atoms with E-state index in [1.807, 2.05) is 12.1 Å². The number of nitrogens with two attached hydrogens (primary N) is 2. The second kappa shape index (κ2) is 10.1. The number of hydrogen-bond acceptors (Lipinski definition) is 8. The number of morpholine rings is 1. The van der Waals surface area contributed by atoms with Crippen molar-refractivity contribution in [2.45, 2.75) is 0 Å². The van der Waals surface area contributed by atoms with Crippen LogP contribution >= 0.6 is 11.8 Å². The van der Waals surface area contributed by atoms with Gasteiger partial charge < -0.3 is 20.6 Å². The van der Waals surface area contributed by atoms with Crippen LogP contribution in [0, 0.1) is 0 Å². The number of benzene rings is 2. The number of hydrazone groups is 1. The Hall–Kier alpha value is -3.08. The van der Waals surface area contributed by atoms with Gasteiger partial charge in [-0.25, -0.2) is 10.6 Å². The number of thioether (sulfide) groups is 1. The zero-order valence-electron chi connectivity index (χ0n) is 16.2. The van der Waals surface area contributed by atoms with Crippen molar-refractivity contribution in [3.05, 3.63) is 59.7 Å². The summed E-state index contributed by atoms with van der Waals surface area (Å²) in [6.07, 6.45) is 0. The molecule has 0 aromatic heterocycles. The lowest BCUT2D eigenvalue weighted by atomic mass is 10.1. The molecule has 9 nitrogen and oxygen atoms in total. The van der Waals surface area contributed by atoms with Gasteiger partial charge in [0.25, 0.3) is 0 Å². The summed E-state index contributed by atoms with van der Waals surface area (Å²) in [5.74, 6) is 10.5. The second-order valence-electron chi connectivity index (χ2n) is 6.49. The number of carbonyl (C=O) groups is 2. The molecule has 1 aliphatic rings. The van der Waals surface area contributed by atoms with Gasteiger partial charge >= 0.3 is 5.97 Å². The predicted molar refractivity (Wildman–Crippen MR) is 118 cm³/mol. The van der Waals surface area contributed by atoms with Gasteiger partial charge in [0.15, 0.2) is 5.78 Å². The molecule has 0 saturated carbocycles. The molecule has 1 saturated heterocycles. The molecule has 0 bridgehead atoms. The first-order valence-electron chi connectivity index (χ1n) is 9.24. The van der Waals surface area contributed by atoms with Gasteiger partial charge in [0.05, 0.1) is 30.2 Å². The number of hydrazine groups is 1. The van der Waals surface area contributed by atoms with E-state index in [4.69, 9.17) is 21.5 Å². The first-order valence-corrected chi connectivity index (χ1v) is 10.2. The lowest BCUT2D eigenvalue weighted by Gasteiger charge is -2.28. The zero-order chi connectivity index (χ0) is 21.5. The van der Waals surface area contributed by atoms with Gasteiger partial charge in [-0.2, -0.15) is 5.10 Å². The standard InChI is InChI=1S/C20H23N5O4S/c21-23-20(25(22)17-7-3-15(4-8-17)19(27)28)30-13-18(26)14-1-5-16(6-2-14)24-9-11-29-12-10-24/h1-8H,9-13,21-22H2,(H,27,28)/b23-20+. The number of ketones is 1. The zero-order valence-corrected chi connectivity index (χ0v) is 17.0. The van der Waals surface area contributed by atoms with Crippen molar-refractivity contribution >= 4 is 40.1 Å². The smallest absolute Gasteiger partial charge is 0.335 e. The summed E-state index contributed by atoms with van der Waals surface area (Å²) < 4.78 is 5.36. The molecule has 1 aliphatic heterocycles. The third kappa shape index (κ3) is 5.29. The third-order valence-corrected chi connectivity index (χ3v) is 5.57. The van der Waals surface area contributed by atoms with Crippen molar-refractivity contribution in [2.75, 3.05) is 42.0 Å². The number of ether oxygens (including phenoxy) is 1. The summed E-state index contributed by atoms with van der Waals surface area (Å²) in [7, 11) is 0. The van der Waals surface area contributed by atoms with Gasteiger partial charge in [-0.15, -0.1) is 0 Å². The number of carboxylic acid groups (broad SMARTS) is 1. The minimum Gasteiger partial charge on any atom is -0.478 e. The average molecular weight is 430 g/mol. The minimum atomic E-state index is -1.03. The van der Waals surface area contributed by atoms with Crippen LogP contribution in [-0.4, -0.2) is 54.1 Å². The van der Waals surface area contributed by atoms with E-state index in [0.717, 1.165) is 30.5 Å². The van der Waals surface area contributed by atoms with Crippen LogP contribution < -0.4 is 21.6 Å². The summed E-state index contributed by atoms with van der Waals surface area (Å²) in [5, 5.41) is 14.1. The average Bonchev–Trinajstić information content (AvgIpc) is 2.80. The van der Waals surface area contributed by atoms with Crippen LogP contribution in [0.4, 0.5) is 11.4 Å². The number of Topliss-reactive ketones (excluding diaryl/α,β-unsaturated/α-hetero) is 1. The number of carboxylic acids is 1. The monoisotopic (exact) mass is 429 g/mol. The molecule has 0 atom stereocenters. The first-order chi connectivity index (χ1) is 14.5. The van der Waals surface area contributed by atoms with Crippen LogP contribution in [0.15, 0.2) is 53.6 Å². The van der Waals surface area contributed by atoms with Crippen molar-refractivity contribution in [3.8, 4) is 0 Å². The topological polar surface area (TPSA) is 134 Å². The molecule has 30 heavy (non-hydrogen) atoms. The summed E-state index contributed by atoms with van der Waals surface area (Å²) >= 11 is 1.10. The lowest BCUT2D eigenvalue weighted by molar-refractivity contribution is 0.0696. The van der Waals surface area contributed by atoms with Gasteiger partial charge in [0, 0.05) is 24.3 Å². The van der Waals surface area contributed by atoms with E-state index in [0.29, 0.717) is 24.5 Å². The van der Waals surface area contributed by atoms with E-state index in [1.54, 1.807) is 24.3 Å². The number of carbonyl (C=O) groups excluding carboxylic acids is 1. The van der Waals surface area contributed by atoms with Crippen LogP contribution in [0.25, 0.3) is 0 Å². The molecule has 0 unspecified atom stereocenters. The van der Waals surface area contributed by atoms with Crippen LogP contribution in [-0.2, 0) is 4.74 Å². The van der Waals surface area contributed by atoms with Gasteiger partial charge in [0.1, 0.15) is 0 Å². The molecular formula is C20H23N5O4S. The Kier molecular flexibility index (Phi) is 7.28. The van der Waals surface area contributed by atoms with Crippen molar-refractivity contribution in [1.29, 1.82) is 0 Å². The Bertz CT molecular complexity index is 912. The summed E-state index contributed by atoms with van der Waals surface area (Å²) in [5.41, 5.74) is 2.29. The highest BCUT2D eigenvalue weighted by Gasteiger charge is 2.16. The Morgan fingerprint density at radius 3 is 2.23 bits per heavy atom. The molecule has 2 aromatic rings. The minimum absolute atomic E-state index is 0.0793. The molecule has 2 aromatic carbocycles. The Morgan fingerprint density at radius 1 is 1.07 bits per heavy atom. The van der Waals surface area contributed by atoms with Crippen molar-refractivity contribution in [3.63, 3.8) is 0 Å². The predicted octanol–water partition coefficient (Wildman–Crippen LogP) is 1.75. The molecule has 10 heteroatoms. The van der Waals surface area contributed by atoms with Crippen LogP contribution in [0.3, 0.4) is 0 Å². The van der Waals surface area contributed by atoms with Crippen LogP contribution in [0.5, 0.6) is 0 Å². The molecule has 1 heterocycles.